The van der Waals surface area contributed by atoms with Crippen LogP contribution in [0.5, 0.6) is 5.75 Å². The number of carbonyl (C=O) groups is 1. The number of ether oxygens (including phenoxy) is 1. The van der Waals surface area contributed by atoms with Gasteiger partial charge in [-0.3, -0.25) is 4.79 Å². The van der Waals surface area contributed by atoms with Crippen molar-refractivity contribution in [3.63, 3.8) is 0 Å². The minimum absolute atomic E-state index is 0.496. The van der Waals surface area contributed by atoms with Gasteiger partial charge in [0, 0.05) is 10.6 Å². The van der Waals surface area contributed by atoms with Gasteiger partial charge in [-0.1, -0.05) is 11.6 Å². The Labute approximate surface area is 119 Å². The number of carboxylic acids is 1. The molecule has 0 saturated heterocycles. The Morgan fingerprint density at radius 1 is 1.65 bits per heavy atom. The van der Waals surface area contributed by atoms with Crippen LogP contribution in [-0.2, 0) is 4.79 Å². The van der Waals surface area contributed by atoms with Crippen molar-refractivity contribution in [2.45, 2.75) is 26.7 Å². The number of aliphatic carboxylic acids is 1. The van der Waals surface area contributed by atoms with Gasteiger partial charge >= 0.3 is 5.97 Å². The van der Waals surface area contributed by atoms with Crippen LogP contribution in [0.2, 0.25) is 5.02 Å². The molecule has 0 heterocycles. The number of halogens is 2. The third-order valence-electron chi connectivity index (χ3n) is 2.56. The lowest BCUT2D eigenvalue weighted by Crippen LogP contribution is -2.11. The van der Waals surface area contributed by atoms with Gasteiger partial charge in [0.2, 0.25) is 0 Å². The van der Waals surface area contributed by atoms with Gasteiger partial charge in [-0.15, -0.1) is 0 Å². The summed E-state index contributed by atoms with van der Waals surface area (Å²) < 4.78 is 6.42. The van der Waals surface area contributed by atoms with Crippen LogP contribution in [-0.4, -0.2) is 17.7 Å². The van der Waals surface area contributed by atoms with E-state index >= 15 is 0 Å². The van der Waals surface area contributed by atoms with Crippen molar-refractivity contribution >= 4 is 40.2 Å². The molecule has 1 rings (SSSR count). The Kier molecular flexibility index (Phi) is 5.06. The van der Waals surface area contributed by atoms with E-state index in [1.165, 1.54) is 0 Å². The van der Waals surface area contributed by atoms with Crippen LogP contribution in [0.3, 0.4) is 0 Å². The maximum atomic E-state index is 11.1. The topological polar surface area (TPSA) is 46.5 Å². The molecule has 1 atom stereocenters. The molecular formula is C12H14ClIO3. The third kappa shape index (κ3) is 3.04. The second kappa shape index (κ2) is 5.91. The molecule has 0 fully saturated rings. The molecular weight excluding hydrogens is 354 g/mol. The summed E-state index contributed by atoms with van der Waals surface area (Å²) in [5.41, 5.74) is 1.54. The quantitative estimate of drug-likeness (QED) is 0.821. The molecule has 0 saturated carbocycles. The summed E-state index contributed by atoms with van der Waals surface area (Å²) in [6, 6.07) is 1.68. The molecule has 1 aromatic rings. The van der Waals surface area contributed by atoms with E-state index in [9.17, 15) is 4.79 Å². The highest BCUT2D eigenvalue weighted by Crippen LogP contribution is 2.37. The van der Waals surface area contributed by atoms with Crippen molar-refractivity contribution in [3.8, 4) is 5.75 Å². The van der Waals surface area contributed by atoms with Crippen LogP contribution in [0.1, 0.15) is 30.9 Å². The normalized spacial score (nSPS) is 12.3. The summed E-state index contributed by atoms with van der Waals surface area (Å²) in [7, 11) is 0. The van der Waals surface area contributed by atoms with E-state index in [2.05, 4.69) is 22.6 Å². The van der Waals surface area contributed by atoms with Gasteiger partial charge in [-0.2, -0.15) is 0 Å². The number of carboxylic acid groups (broad SMARTS) is 1. The summed E-state index contributed by atoms with van der Waals surface area (Å²) in [6.45, 7) is 5.88. The minimum Gasteiger partial charge on any atom is -0.492 e. The second-order valence-corrected chi connectivity index (χ2v) is 5.19. The monoisotopic (exact) mass is 368 g/mol. The number of benzene rings is 1. The maximum absolute atomic E-state index is 11.1. The first-order valence-electron chi connectivity index (χ1n) is 5.24. The summed E-state index contributed by atoms with van der Waals surface area (Å²) in [5, 5.41) is 9.65. The van der Waals surface area contributed by atoms with E-state index in [-0.39, 0.29) is 0 Å². The molecule has 0 spiro atoms. The predicted molar refractivity (Wildman–Crippen MR) is 76.1 cm³/mol. The molecule has 5 heteroatoms. The Balaban J connectivity index is 3.41. The van der Waals surface area contributed by atoms with E-state index in [0.717, 1.165) is 9.13 Å². The van der Waals surface area contributed by atoms with Crippen molar-refractivity contribution < 1.29 is 14.6 Å². The standard InChI is InChI=1S/C12H14ClIO3/c1-4-17-11-8(6(2)12(15)16)5-9(13)7(3)10(11)14/h5-6H,4H2,1-3H3,(H,15,16). The third-order valence-corrected chi connectivity index (χ3v) is 4.25. The number of hydrogen-bond acceptors (Lipinski definition) is 2. The molecule has 0 aliphatic heterocycles. The van der Waals surface area contributed by atoms with Crippen LogP contribution in [0.15, 0.2) is 6.07 Å². The summed E-state index contributed by atoms with van der Waals surface area (Å²) >= 11 is 8.22. The van der Waals surface area contributed by atoms with Gasteiger partial charge < -0.3 is 9.84 Å². The van der Waals surface area contributed by atoms with E-state index < -0.39 is 11.9 Å². The first-order chi connectivity index (χ1) is 7.90. The lowest BCUT2D eigenvalue weighted by Gasteiger charge is -2.17. The van der Waals surface area contributed by atoms with Crippen molar-refractivity contribution in [1.82, 2.24) is 0 Å². The SMILES string of the molecule is CCOc1c(C(C)C(=O)O)cc(Cl)c(C)c1I. The van der Waals surface area contributed by atoms with Gasteiger partial charge in [-0.05, 0) is 55.0 Å². The lowest BCUT2D eigenvalue weighted by molar-refractivity contribution is -0.138. The van der Waals surface area contributed by atoms with Gasteiger partial charge in [0.25, 0.3) is 0 Å². The highest BCUT2D eigenvalue weighted by atomic mass is 127. The Morgan fingerprint density at radius 3 is 2.71 bits per heavy atom. The van der Waals surface area contributed by atoms with E-state index in [0.29, 0.717) is 22.9 Å². The fourth-order valence-electron chi connectivity index (χ4n) is 1.46. The predicted octanol–water partition coefficient (Wildman–Crippen LogP) is 3.84. The average Bonchev–Trinajstić information content (AvgIpc) is 2.28. The highest BCUT2D eigenvalue weighted by Gasteiger charge is 2.22. The highest BCUT2D eigenvalue weighted by molar-refractivity contribution is 14.1. The van der Waals surface area contributed by atoms with Gasteiger partial charge in [0.15, 0.2) is 0 Å². The van der Waals surface area contributed by atoms with Gasteiger partial charge in [0.05, 0.1) is 16.1 Å². The molecule has 0 aliphatic carbocycles. The Hall–Kier alpha value is -0.490. The van der Waals surface area contributed by atoms with Crippen molar-refractivity contribution in [1.29, 1.82) is 0 Å². The second-order valence-electron chi connectivity index (χ2n) is 3.71. The molecule has 3 nitrogen and oxygen atoms in total. The smallest absolute Gasteiger partial charge is 0.310 e. The molecule has 0 amide bonds. The van der Waals surface area contributed by atoms with Crippen LogP contribution >= 0.6 is 34.2 Å². The van der Waals surface area contributed by atoms with Crippen LogP contribution < -0.4 is 4.74 Å². The number of hydrogen-bond donors (Lipinski definition) is 1. The molecule has 1 unspecified atom stereocenters. The Bertz CT molecular complexity index is 446. The first kappa shape index (κ1) is 14.6. The van der Waals surface area contributed by atoms with Crippen LogP contribution in [0, 0.1) is 10.5 Å². The summed E-state index contributed by atoms with van der Waals surface area (Å²) in [5.74, 6) is -0.894. The molecule has 0 aromatic heterocycles. The molecule has 1 N–H and O–H groups in total. The molecule has 0 radical (unpaired) electrons. The van der Waals surface area contributed by atoms with Crippen molar-refractivity contribution in [3.05, 3.63) is 25.8 Å². The van der Waals surface area contributed by atoms with Crippen LogP contribution in [0.25, 0.3) is 0 Å². The van der Waals surface area contributed by atoms with Gasteiger partial charge in [-0.25, -0.2) is 0 Å². The van der Waals surface area contributed by atoms with Crippen molar-refractivity contribution in [2.75, 3.05) is 6.61 Å². The molecule has 0 bridgehead atoms. The summed E-state index contributed by atoms with van der Waals surface area (Å²) in [6.07, 6.45) is 0. The minimum atomic E-state index is -0.887. The Morgan fingerprint density at radius 2 is 2.24 bits per heavy atom. The van der Waals surface area contributed by atoms with E-state index in [1.807, 2.05) is 13.8 Å². The zero-order valence-electron chi connectivity index (χ0n) is 9.88. The first-order valence-corrected chi connectivity index (χ1v) is 6.69. The lowest BCUT2D eigenvalue weighted by atomic mass is 9.99. The molecule has 1 aromatic carbocycles. The largest absolute Gasteiger partial charge is 0.492 e. The fourth-order valence-corrected chi connectivity index (χ4v) is 2.59. The number of rotatable bonds is 4. The van der Waals surface area contributed by atoms with Crippen molar-refractivity contribution in [2.24, 2.45) is 0 Å². The maximum Gasteiger partial charge on any atom is 0.310 e. The average molecular weight is 369 g/mol. The molecule has 94 valence electrons. The molecule has 17 heavy (non-hydrogen) atoms. The van der Waals surface area contributed by atoms with E-state index in [4.69, 9.17) is 21.4 Å². The molecule has 0 aliphatic rings. The van der Waals surface area contributed by atoms with E-state index in [1.54, 1.807) is 13.0 Å². The van der Waals surface area contributed by atoms with Crippen LogP contribution in [0.4, 0.5) is 0 Å². The zero-order valence-corrected chi connectivity index (χ0v) is 12.8. The zero-order chi connectivity index (χ0) is 13.2. The van der Waals surface area contributed by atoms with Gasteiger partial charge in [0.1, 0.15) is 5.75 Å². The fraction of sp³-hybridized carbons (Fsp3) is 0.417. The summed E-state index contributed by atoms with van der Waals surface area (Å²) in [4.78, 5) is 11.1.